The molecule has 2 rings (SSSR count). The van der Waals surface area contributed by atoms with Gasteiger partial charge in [-0.3, -0.25) is 9.59 Å². The van der Waals surface area contributed by atoms with E-state index in [0.29, 0.717) is 0 Å². The summed E-state index contributed by atoms with van der Waals surface area (Å²) in [7, 11) is 0. The molecule has 7 heteroatoms. The topological polar surface area (TPSA) is 131 Å². The summed E-state index contributed by atoms with van der Waals surface area (Å²) in [6, 6.07) is 5.85. The van der Waals surface area contributed by atoms with Gasteiger partial charge < -0.3 is 26.3 Å². The summed E-state index contributed by atoms with van der Waals surface area (Å²) in [5.41, 5.74) is 13.0. The highest BCUT2D eigenvalue weighted by Crippen LogP contribution is 2.24. The average molecular weight is 291 g/mol. The van der Waals surface area contributed by atoms with Crippen LogP contribution in [0.5, 0.6) is 0 Å². The van der Waals surface area contributed by atoms with Crippen molar-refractivity contribution in [2.75, 3.05) is 6.61 Å². The molecule has 2 atom stereocenters. The highest BCUT2D eigenvalue weighted by Gasteiger charge is 2.18. The molecular formula is C14H17N3O4. The number of nitrogens with one attached hydrogen (secondary N) is 1. The number of carbonyl (C=O) groups is 2. The number of hydrogen-bond acceptors (Lipinski definition) is 5. The van der Waals surface area contributed by atoms with Crippen molar-refractivity contribution < 1.29 is 19.4 Å². The third-order valence-electron chi connectivity index (χ3n) is 3.15. The second kappa shape index (κ2) is 6.38. The maximum absolute atomic E-state index is 11.7. The van der Waals surface area contributed by atoms with Gasteiger partial charge in [0.1, 0.15) is 12.6 Å². The quantitative estimate of drug-likeness (QED) is 0.573. The summed E-state index contributed by atoms with van der Waals surface area (Å²) in [5.74, 6) is -1.80. The molecule has 0 aliphatic heterocycles. The molecule has 0 saturated carbocycles. The SMILES string of the molecule is N[C@@H](COC(=O)C[C@H](N)c1c[nH]c2ccccc12)C(=O)O. The minimum absolute atomic E-state index is 0.0474. The minimum Gasteiger partial charge on any atom is -0.480 e. The zero-order chi connectivity index (χ0) is 15.4. The molecule has 6 N–H and O–H groups in total. The van der Waals surface area contributed by atoms with Crippen LogP contribution in [0.2, 0.25) is 0 Å². The predicted octanol–water partition coefficient (Wildman–Crippen LogP) is 0.513. The van der Waals surface area contributed by atoms with E-state index in [1.807, 2.05) is 24.3 Å². The Kier molecular flexibility index (Phi) is 4.56. The van der Waals surface area contributed by atoms with Crippen LogP contribution in [-0.4, -0.2) is 34.7 Å². The van der Waals surface area contributed by atoms with Crippen molar-refractivity contribution in [2.45, 2.75) is 18.5 Å². The number of para-hydroxylation sites is 1. The summed E-state index contributed by atoms with van der Waals surface area (Å²) < 4.78 is 4.81. The van der Waals surface area contributed by atoms with Crippen molar-refractivity contribution in [3.8, 4) is 0 Å². The monoisotopic (exact) mass is 291 g/mol. The Morgan fingerprint density at radius 2 is 2.00 bits per heavy atom. The van der Waals surface area contributed by atoms with Crippen LogP contribution in [0.3, 0.4) is 0 Å². The van der Waals surface area contributed by atoms with Gasteiger partial charge in [-0.25, -0.2) is 0 Å². The molecule has 1 heterocycles. The zero-order valence-electron chi connectivity index (χ0n) is 11.3. The van der Waals surface area contributed by atoms with E-state index in [0.717, 1.165) is 16.5 Å². The lowest BCUT2D eigenvalue weighted by atomic mass is 10.0. The van der Waals surface area contributed by atoms with Crippen LogP contribution >= 0.6 is 0 Å². The van der Waals surface area contributed by atoms with Gasteiger partial charge in [0, 0.05) is 23.1 Å². The molecule has 0 radical (unpaired) electrons. The number of carboxylic acid groups (broad SMARTS) is 1. The van der Waals surface area contributed by atoms with E-state index >= 15 is 0 Å². The van der Waals surface area contributed by atoms with Gasteiger partial charge in [-0.2, -0.15) is 0 Å². The molecular weight excluding hydrogens is 274 g/mol. The Morgan fingerprint density at radius 1 is 1.29 bits per heavy atom. The number of nitrogens with two attached hydrogens (primary N) is 2. The van der Waals surface area contributed by atoms with Crippen LogP contribution in [0.4, 0.5) is 0 Å². The molecule has 2 aromatic rings. The maximum Gasteiger partial charge on any atom is 0.324 e. The molecule has 0 saturated heterocycles. The van der Waals surface area contributed by atoms with Gasteiger partial charge in [-0.15, -0.1) is 0 Å². The van der Waals surface area contributed by atoms with Gasteiger partial charge in [0.15, 0.2) is 0 Å². The first-order valence-electron chi connectivity index (χ1n) is 6.44. The highest BCUT2D eigenvalue weighted by molar-refractivity contribution is 5.84. The van der Waals surface area contributed by atoms with Crippen LogP contribution in [-0.2, 0) is 14.3 Å². The fourth-order valence-electron chi connectivity index (χ4n) is 2.00. The second-order valence-electron chi connectivity index (χ2n) is 4.73. The lowest BCUT2D eigenvalue weighted by molar-refractivity contribution is -0.148. The molecule has 1 aromatic carbocycles. The van der Waals surface area contributed by atoms with Crippen molar-refractivity contribution in [2.24, 2.45) is 11.5 Å². The number of rotatable bonds is 6. The number of H-pyrrole nitrogens is 1. The third kappa shape index (κ3) is 3.59. The normalized spacial score (nSPS) is 13.8. The van der Waals surface area contributed by atoms with Crippen molar-refractivity contribution >= 4 is 22.8 Å². The third-order valence-corrected chi connectivity index (χ3v) is 3.15. The van der Waals surface area contributed by atoms with E-state index in [1.54, 1.807) is 6.20 Å². The molecule has 7 nitrogen and oxygen atoms in total. The highest BCUT2D eigenvalue weighted by atomic mass is 16.5. The Balaban J connectivity index is 1.96. The van der Waals surface area contributed by atoms with Gasteiger partial charge in [-0.05, 0) is 11.6 Å². The summed E-state index contributed by atoms with van der Waals surface area (Å²) in [6.07, 6.45) is 1.71. The molecule has 112 valence electrons. The average Bonchev–Trinajstić information content (AvgIpc) is 2.88. The summed E-state index contributed by atoms with van der Waals surface area (Å²) in [5, 5.41) is 9.54. The van der Waals surface area contributed by atoms with E-state index < -0.39 is 24.0 Å². The van der Waals surface area contributed by atoms with E-state index in [1.165, 1.54) is 0 Å². The smallest absolute Gasteiger partial charge is 0.324 e. The van der Waals surface area contributed by atoms with Crippen LogP contribution in [0.15, 0.2) is 30.5 Å². The van der Waals surface area contributed by atoms with Crippen LogP contribution in [0, 0.1) is 0 Å². The Morgan fingerprint density at radius 3 is 2.71 bits per heavy atom. The van der Waals surface area contributed by atoms with Gasteiger partial charge >= 0.3 is 11.9 Å². The van der Waals surface area contributed by atoms with E-state index in [9.17, 15) is 9.59 Å². The van der Waals surface area contributed by atoms with Crippen LogP contribution in [0.1, 0.15) is 18.0 Å². The molecule has 0 amide bonds. The Labute approximate surface area is 120 Å². The van der Waals surface area contributed by atoms with Crippen molar-refractivity contribution in [1.82, 2.24) is 4.98 Å². The van der Waals surface area contributed by atoms with Gasteiger partial charge in [-0.1, -0.05) is 18.2 Å². The number of aromatic amines is 1. The molecule has 0 unspecified atom stereocenters. The first kappa shape index (κ1) is 15.0. The number of benzene rings is 1. The molecule has 1 aromatic heterocycles. The molecule has 0 aliphatic carbocycles. The van der Waals surface area contributed by atoms with Gasteiger partial charge in [0.05, 0.1) is 6.42 Å². The van der Waals surface area contributed by atoms with E-state index in [4.69, 9.17) is 21.3 Å². The zero-order valence-corrected chi connectivity index (χ0v) is 11.3. The van der Waals surface area contributed by atoms with E-state index in [2.05, 4.69) is 4.98 Å². The number of fused-ring (bicyclic) bond motifs is 1. The summed E-state index contributed by atoms with van der Waals surface area (Å²) >= 11 is 0. The minimum atomic E-state index is -1.22. The van der Waals surface area contributed by atoms with E-state index in [-0.39, 0.29) is 13.0 Å². The molecule has 0 bridgehead atoms. The fraction of sp³-hybridized carbons (Fsp3) is 0.286. The summed E-state index contributed by atoms with van der Waals surface area (Å²) in [6.45, 7) is -0.366. The molecule has 0 fully saturated rings. The molecule has 0 spiro atoms. The number of aromatic nitrogens is 1. The fourth-order valence-corrected chi connectivity index (χ4v) is 2.00. The summed E-state index contributed by atoms with van der Waals surface area (Å²) in [4.78, 5) is 25.3. The van der Waals surface area contributed by atoms with Crippen LogP contribution < -0.4 is 11.5 Å². The molecule has 21 heavy (non-hydrogen) atoms. The predicted molar refractivity (Wildman–Crippen MR) is 76.4 cm³/mol. The number of ether oxygens (including phenoxy) is 1. The number of esters is 1. The Bertz CT molecular complexity index is 652. The van der Waals surface area contributed by atoms with Crippen molar-refractivity contribution in [3.63, 3.8) is 0 Å². The number of hydrogen-bond donors (Lipinski definition) is 4. The van der Waals surface area contributed by atoms with Crippen molar-refractivity contribution in [1.29, 1.82) is 0 Å². The number of carbonyl (C=O) groups excluding carboxylic acids is 1. The first-order valence-corrected chi connectivity index (χ1v) is 6.44. The Hall–Kier alpha value is -2.38. The molecule has 0 aliphatic rings. The number of carboxylic acids is 1. The maximum atomic E-state index is 11.7. The largest absolute Gasteiger partial charge is 0.480 e. The standard InChI is InChI=1S/C14H17N3O4/c15-10(5-13(18)21-7-11(16)14(19)20)9-6-17-12-4-2-1-3-8(9)12/h1-4,6,10-11,17H,5,7,15-16H2,(H,19,20)/t10-,11-/m0/s1. The first-order chi connectivity index (χ1) is 9.99. The van der Waals surface area contributed by atoms with Gasteiger partial charge in [0.25, 0.3) is 0 Å². The van der Waals surface area contributed by atoms with Gasteiger partial charge in [0.2, 0.25) is 0 Å². The van der Waals surface area contributed by atoms with Crippen LogP contribution in [0.25, 0.3) is 10.9 Å². The second-order valence-corrected chi connectivity index (χ2v) is 4.73. The van der Waals surface area contributed by atoms with Crippen molar-refractivity contribution in [3.05, 3.63) is 36.0 Å². The number of aliphatic carboxylic acids is 1. The lowest BCUT2D eigenvalue weighted by Crippen LogP contribution is -2.36. The lowest BCUT2D eigenvalue weighted by Gasteiger charge is -2.12.